The average molecular weight is 308 g/mol. The van der Waals surface area contributed by atoms with E-state index in [1.807, 2.05) is 22.6 Å². The Balaban J connectivity index is 3.02. The number of carbonyl (C=O) groups is 2. The molecule has 0 saturated heterocycles. The number of halogens is 1. The van der Waals surface area contributed by atoms with Gasteiger partial charge in [0.05, 0.1) is 11.0 Å². The van der Waals surface area contributed by atoms with Crippen molar-refractivity contribution in [1.82, 2.24) is 0 Å². The van der Waals surface area contributed by atoms with Crippen molar-refractivity contribution >= 4 is 34.5 Å². The number of rotatable bonds is 2. The largest absolute Gasteiger partial charge is 0.481 e. The predicted octanol–water partition coefficient (Wildman–Crippen LogP) is 1.46. The summed E-state index contributed by atoms with van der Waals surface area (Å²) < 4.78 is -0.353. The molecule has 0 aromatic carbocycles. The lowest BCUT2D eigenvalue weighted by molar-refractivity contribution is -0.144. The van der Waals surface area contributed by atoms with Crippen molar-refractivity contribution < 1.29 is 19.8 Å². The summed E-state index contributed by atoms with van der Waals surface area (Å²) in [6.45, 7) is 1.57. The third-order valence-electron chi connectivity index (χ3n) is 2.22. The van der Waals surface area contributed by atoms with E-state index in [1.165, 1.54) is 18.2 Å². The number of carboxylic acids is 2. The van der Waals surface area contributed by atoms with Gasteiger partial charge in [0.1, 0.15) is 0 Å². The van der Waals surface area contributed by atoms with Gasteiger partial charge < -0.3 is 10.2 Å². The van der Waals surface area contributed by atoms with Crippen LogP contribution in [0.25, 0.3) is 0 Å². The first kappa shape index (κ1) is 11.2. The highest BCUT2D eigenvalue weighted by atomic mass is 127. The van der Waals surface area contributed by atoms with Crippen LogP contribution >= 0.6 is 22.6 Å². The summed E-state index contributed by atoms with van der Waals surface area (Å²) in [5.41, 5.74) is -0.873. The zero-order chi connectivity index (χ0) is 10.9. The SMILES string of the molecule is CC1(C(=O)O)C=CC(C(=O)O)=CC1I. The van der Waals surface area contributed by atoms with E-state index in [0.29, 0.717) is 0 Å². The van der Waals surface area contributed by atoms with Crippen molar-refractivity contribution in [3.8, 4) is 0 Å². The second kappa shape index (κ2) is 3.72. The molecular weight excluding hydrogens is 299 g/mol. The molecule has 4 nitrogen and oxygen atoms in total. The molecular formula is C9H9IO4. The lowest BCUT2D eigenvalue weighted by Gasteiger charge is -2.27. The van der Waals surface area contributed by atoms with Crippen LogP contribution in [0, 0.1) is 5.41 Å². The zero-order valence-electron chi connectivity index (χ0n) is 7.40. The van der Waals surface area contributed by atoms with Gasteiger partial charge in [0.15, 0.2) is 0 Å². The van der Waals surface area contributed by atoms with Crippen LogP contribution in [-0.2, 0) is 9.59 Å². The first-order valence-electron chi connectivity index (χ1n) is 3.90. The standard InChI is InChI=1S/C9H9IO4/c1-9(8(13)14)3-2-5(7(11)12)4-6(9)10/h2-4,6H,1H3,(H,11,12)(H,13,14). The van der Waals surface area contributed by atoms with E-state index < -0.39 is 17.4 Å². The van der Waals surface area contributed by atoms with Crippen LogP contribution in [0.2, 0.25) is 0 Å². The maximum atomic E-state index is 10.9. The van der Waals surface area contributed by atoms with Gasteiger partial charge in [-0.15, -0.1) is 0 Å². The number of alkyl halides is 1. The van der Waals surface area contributed by atoms with Crippen LogP contribution in [0.4, 0.5) is 0 Å². The molecule has 1 rings (SSSR count). The average Bonchev–Trinajstić information content (AvgIpc) is 2.09. The van der Waals surface area contributed by atoms with E-state index in [2.05, 4.69) is 0 Å². The molecule has 0 bridgehead atoms. The molecule has 0 aromatic heterocycles. The summed E-state index contributed by atoms with van der Waals surface area (Å²) in [7, 11) is 0. The highest BCUT2D eigenvalue weighted by Crippen LogP contribution is 2.35. The van der Waals surface area contributed by atoms with Crippen LogP contribution in [0.3, 0.4) is 0 Å². The third-order valence-corrected chi connectivity index (χ3v) is 3.87. The molecule has 0 saturated carbocycles. The Morgan fingerprint density at radius 1 is 1.50 bits per heavy atom. The van der Waals surface area contributed by atoms with Gasteiger partial charge in [0.2, 0.25) is 0 Å². The smallest absolute Gasteiger partial charge is 0.335 e. The lowest BCUT2D eigenvalue weighted by atomic mass is 9.82. The molecule has 1 aliphatic rings. The molecule has 0 radical (unpaired) electrons. The Morgan fingerprint density at radius 3 is 2.43 bits per heavy atom. The zero-order valence-corrected chi connectivity index (χ0v) is 9.56. The number of hydrogen-bond donors (Lipinski definition) is 2. The fourth-order valence-electron chi connectivity index (χ4n) is 1.07. The van der Waals surface area contributed by atoms with Gasteiger partial charge in [-0.25, -0.2) is 4.79 Å². The maximum Gasteiger partial charge on any atom is 0.335 e. The Bertz CT molecular complexity index is 345. The summed E-state index contributed by atoms with van der Waals surface area (Å²) in [6, 6.07) is 0. The fraction of sp³-hybridized carbons (Fsp3) is 0.333. The van der Waals surface area contributed by atoms with Gasteiger partial charge in [-0.05, 0) is 6.92 Å². The van der Waals surface area contributed by atoms with Crippen molar-refractivity contribution in [2.45, 2.75) is 10.8 Å². The minimum absolute atomic E-state index is 0.142. The molecule has 14 heavy (non-hydrogen) atoms. The van der Waals surface area contributed by atoms with E-state index in [0.717, 1.165) is 0 Å². The Labute approximate surface area is 94.4 Å². The fourth-order valence-corrected chi connectivity index (χ4v) is 1.93. The molecule has 0 spiro atoms. The number of allylic oxidation sites excluding steroid dienone is 1. The molecule has 1 aliphatic carbocycles. The minimum atomic E-state index is -1.03. The highest BCUT2D eigenvalue weighted by molar-refractivity contribution is 14.1. The first-order valence-corrected chi connectivity index (χ1v) is 5.14. The van der Waals surface area contributed by atoms with Gasteiger partial charge in [-0.3, -0.25) is 4.79 Å². The molecule has 0 heterocycles. The molecule has 0 amide bonds. The van der Waals surface area contributed by atoms with Crippen molar-refractivity contribution in [3.05, 3.63) is 23.8 Å². The first-order chi connectivity index (χ1) is 6.38. The number of carboxylic acid groups (broad SMARTS) is 2. The van der Waals surface area contributed by atoms with E-state index in [4.69, 9.17) is 10.2 Å². The summed E-state index contributed by atoms with van der Waals surface area (Å²) in [6.07, 6.45) is 4.22. The molecule has 2 N–H and O–H groups in total. The van der Waals surface area contributed by atoms with Crippen molar-refractivity contribution in [3.63, 3.8) is 0 Å². The summed E-state index contributed by atoms with van der Waals surface area (Å²) in [5, 5.41) is 17.7. The van der Waals surface area contributed by atoms with E-state index in [-0.39, 0.29) is 9.50 Å². The Kier molecular flexibility index (Phi) is 2.98. The van der Waals surface area contributed by atoms with Crippen LogP contribution in [0.1, 0.15) is 6.92 Å². The van der Waals surface area contributed by atoms with Gasteiger partial charge in [-0.2, -0.15) is 0 Å². The van der Waals surface area contributed by atoms with Crippen molar-refractivity contribution in [2.75, 3.05) is 0 Å². The second-order valence-corrected chi connectivity index (χ2v) is 4.59. The van der Waals surface area contributed by atoms with Gasteiger partial charge in [-0.1, -0.05) is 40.8 Å². The lowest BCUT2D eigenvalue weighted by Crippen LogP contribution is -2.35. The minimum Gasteiger partial charge on any atom is -0.481 e. The van der Waals surface area contributed by atoms with Crippen molar-refractivity contribution in [1.29, 1.82) is 0 Å². The molecule has 0 aliphatic heterocycles. The van der Waals surface area contributed by atoms with Crippen LogP contribution in [-0.4, -0.2) is 26.1 Å². The molecule has 0 fully saturated rings. The van der Waals surface area contributed by atoms with Crippen LogP contribution in [0.15, 0.2) is 23.8 Å². The van der Waals surface area contributed by atoms with Gasteiger partial charge in [0.25, 0.3) is 0 Å². The molecule has 0 aromatic rings. The summed E-state index contributed by atoms with van der Waals surface area (Å²) in [4.78, 5) is 21.5. The molecule has 76 valence electrons. The third kappa shape index (κ3) is 1.82. The molecule has 2 atom stereocenters. The predicted molar refractivity (Wildman–Crippen MR) is 58.4 cm³/mol. The maximum absolute atomic E-state index is 10.9. The van der Waals surface area contributed by atoms with Crippen LogP contribution in [0.5, 0.6) is 0 Å². The van der Waals surface area contributed by atoms with Gasteiger partial charge in [0, 0.05) is 3.92 Å². The van der Waals surface area contributed by atoms with E-state index in [9.17, 15) is 9.59 Å². The van der Waals surface area contributed by atoms with Crippen molar-refractivity contribution in [2.24, 2.45) is 5.41 Å². The Morgan fingerprint density at radius 2 is 2.07 bits per heavy atom. The van der Waals surface area contributed by atoms with E-state index >= 15 is 0 Å². The number of aliphatic carboxylic acids is 2. The quantitative estimate of drug-likeness (QED) is 0.598. The monoisotopic (exact) mass is 308 g/mol. The highest BCUT2D eigenvalue weighted by Gasteiger charge is 2.39. The summed E-state index contributed by atoms with van der Waals surface area (Å²) >= 11 is 1.93. The van der Waals surface area contributed by atoms with Crippen LogP contribution < -0.4 is 0 Å². The Hall–Kier alpha value is -0.850. The topological polar surface area (TPSA) is 74.6 Å². The molecule has 2 unspecified atom stereocenters. The summed E-state index contributed by atoms with van der Waals surface area (Å²) in [5.74, 6) is -1.98. The second-order valence-electron chi connectivity index (χ2n) is 3.25. The number of hydrogen-bond acceptors (Lipinski definition) is 2. The normalized spacial score (nSPS) is 31.0. The van der Waals surface area contributed by atoms with E-state index in [1.54, 1.807) is 6.92 Å². The molecule has 5 heteroatoms. The van der Waals surface area contributed by atoms with Gasteiger partial charge >= 0.3 is 11.9 Å².